The zero-order valence-electron chi connectivity index (χ0n) is 21.7. The van der Waals surface area contributed by atoms with E-state index in [0.717, 1.165) is 32.5 Å². The molecular weight excluding hydrogens is 494 g/mol. The van der Waals surface area contributed by atoms with Crippen LogP contribution in [-0.2, 0) is 23.9 Å². The number of rotatable bonds is 7. The van der Waals surface area contributed by atoms with Gasteiger partial charge in [0.25, 0.3) is 0 Å². The van der Waals surface area contributed by atoms with E-state index in [9.17, 15) is 19.5 Å². The Morgan fingerprint density at radius 1 is 1.00 bits per heavy atom. The van der Waals surface area contributed by atoms with Crippen molar-refractivity contribution in [2.75, 3.05) is 65.7 Å². The molecule has 5 rings (SSSR count). The summed E-state index contributed by atoms with van der Waals surface area (Å²) < 4.78 is 9.63. The molecule has 5 aliphatic heterocycles. The minimum Gasteiger partial charge on any atom is -0.465 e. The summed E-state index contributed by atoms with van der Waals surface area (Å²) in [4.78, 5) is 47.7. The van der Waals surface area contributed by atoms with Crippen molar-refractivity contribution < 1.29 is 29.0 Å². The fourth-order valence-corrected chi connectivity index (χ4v) is 8.76. The van der Waals surface area contributed by atoms with Crippen LogP contribution in [0.3, 0.4) is 0 Å². The van der Waals surface area contributed by atoms with Crippen molar-refractivity contribution in [3.8, 4) is 0 Å². The summed E-state index contributed by atoms with van der Waals surface area (Å²) in [5, 5.41) is 9.36. The molecular formula is C27H39N3O6S. The molecule has 9 nitrogen and oxygen atoms in total. The first-order valence-corrected chi connectivity index (χ1v) is 14.5. The number of thioether (sulfide) groups is 1. The van der Waals surface area contributed by atoms with Crippen molar-refractivity contribution >= 4 is 29.5 Å². The lowest BCUT2D eigenvalue weighted by Gasteiger charge is -2.37. The quantitative estimate of drug-likeness (QED) is 0.295. The Labute approximate surface area is 223 Å². The molecule has 1 unspecified atom stereocenters. The second-order valence-electron chi connectivity index (χ2n) is 10.8. The highest BCUT2D eigenvalue weighted by Gasteiger charge is 2.73. The van der Waals surface area contributed by atoms with E-state index in [0.29, 0.717) is 52.3 Å². The van der Waals surface area contributed by atoms with Crippen molar-refractivity contribution in [3.05, 3.63) is 24.3 Å². The molecule has 1 N–H and O–H groups in total. The Kier molecular flexibility index (Phi) is 8.00. The number of ether oxygens (including phenoxy) is 2. The zero-order chi connectivity index (χ0) is 26.0. The number of aliphatic hydroxyl groups is 1. The molecule has 5 aliphatic rings. The number of carbonyl (C=O) groups excluding carboxylic acids is 3. The number of allylic oxidation sites excluding steroid dienone is 1. The number of hydrogen-bond donors (Lipinski definition) is 1. The molecule has 0 aliphatic carbocycles. The molecule has 204 valence electrons. The van der Waals surface area contributed by atoms with Gasteiger partial charge in [0.2, 0.25) is 11.8 Å². The first-order chi connectivity index (χ1) is 17.9. The summed E-state index contributed by atoms with van der Waals surface area (Å²) in [5.41, 5.74) is 0. The first kappa shape index (κ1) is 26.7. The van der Waals surface area contributed by atoms with Crippen LogP contribution in [0.15, 0.2) is 24.3 Å². The third kappa shape index (κ3) is 4.86. The van der Waals surface area contributed by atoms with Crippen molar-refractivity contribution in [3.63, 3.8) is 0 Å². The number of morpholine rings is 1. The van der Waals surface area contributed by atoms with Gasteiger partial charge in [0.1, 0.15) is 6.04 Å². The van der Waals surface area contributed by atoms with Crippen LogP contribution in [0.4, 0.5) is 0 Å². The van der Waals surface area contributed by atoms with Gasteiger partial charge in [-0.3, -0.25) is 19.3 Å². The molecule has 1 spiro atoms. The fourth-order valence-electron chi connectivity index (χ4n) is 6.60. The number of fused-ring (bicyclic) bond motifs is 2. The Hall–Kier alpha value is -1.88. The van der Waals surface area contributed by atoms with E-state index < -0.39 is 27.4 Å². The van der Waals surface area contributed by atoms with Crippen LogP contribution in [0, 0.1) is 11.8 Å². The smallest absolute Gasteiger partial charge is 0.311 e. The highest BCUT2D eigenvalue weighted by molar-refractivity contribution is 8.02. The number of cyclic esters (lactones) is 1. The molecule has 0 aromatic heterocycles. The van der Waals surface area contributed by atoms with Crippen LogP contribution in [0.5, 0.6) is 0 Å². The van der Waals surface area contributed by atoms with Gasteiger partial charge in [-0.25, -0.2) is 0 Å². The zero-order valence-corrected chi connectivity index (χ0v) is 22.5. The number of nitrogens with zero attached hydrogens (tertiary/aromatic N) is 3. The maximum absolute atomic E-state index is 14.3. The molecule has 5 atom stereocenters. The van der Waals surface area contributed by atoms with Crippen LogP contribution in [0.25, 0.3) is 0 Å². The highest BCUT2D eigenvalue weighted by atomic mass is 32.2. The number of esters is 1. The molecule has 10 heteroatoms. The molecule has 3 saturated heterocycles. The van der Waals surface area contributed by atoms with E-state index in [1.165, 1.54) is 0 Å². The van der Waals surface area contributed by atoms with E-state index in [-0.39, 0.29) is 24.4 Å². The summed E-state index contributed by atoms with van der Waals surface area (Å²) >= 11 is 1.59. The summed E-state index contributed by atoms with van der Waals surface area (Å²) in [6.07, 6.45) is 11.0. The molecule has 0 aromatic carbocycles. The number of unbranched alkanes of at least 4 members (excludes halogenated alkanes) is 1. The van der Waals surface area contributed by atoms with E-state index in [2.05, 4.69) is 23.1 Å². The van der Waals surface area contributed by atoms with Gasteiger partial charge in [-0.2, -0.15) is 0 Å². The topological polar surface area (TPSA) is 99.6 Å². The lowest BCUT2D eigenvalue weighted by Crippen LogP contribution is -2.54. The standard InChI is InChI=1S/C27H39N3O6S/c1-26-8-3-2-6-17-36-25(34)21(26)20-23(32)30(11-4-5-16-31)22-24(33)29(10-7-9-27(20,22)37-26)13-12-28-14-18-35-19-15-28/h3,7-9,20-22,31H,2,4-6,10-19H2,1H3/b8-3-/t20-,21-,22?,26+,27-/m0/s1. The van der Waals surface area contributed by atoms with Gasteiger partial charge in [0, 0.05) is 50.6 Å². The van der Waals surface area contributed by atoms with Gasteiger partial charge in [-0.05, 0) is 32.6 Å². The minimum absolute atomic E-state index is 0.0351. The average molecular weight is 534 g/mol. The van der Waals surface area contributed by atoms with Gasteiger partial charge >= 0.3 is 5.97 Å². The van der Waals surface area contributed by atoms with Gasteiger partial charge in [-0.1, -0.05) is 24.3 Å². The molecule has 37 heavy (non-hydrogen) atoms. The van der Waals surface area contributed by atoms with Crippen LogP contribution >= 0.6 is 11.8 Å². The predicted molar refractivity (Wildman–Crippen MR) is 140 cm³/mol. The summed E-state index contributed by atoms with van der Waals surface area (Å²) in [5.74, 6) is -1.89. The number of carbonyl (C=O) groups is 3. The SMILES string of the molecule is C[C@@]12/C=C\CCCOC(=O)[C@@H]1[C@H]1C(=O)N(CCCCO)C3C(=O)N(CCN4CCOCC4)CC=C[C@@]31S2. The first-order valence-electron chi connectivity index (χ1n) is 13.6. The Balaban J connectivity index is 1.49. The lowest BCUT2D eigenvalue weighted by molar-refractivity contribution is -0.154. The number of amides is 2. The molecule has 0 bridgehead atoms. The molecule has 3 fully saturated rings. The second-order valence-corrected chi connectivity index (χ2v) is 12.6. The number of likely N-dealkylation sites (tertiary alicyclic amines) is 1. The van der Waals surface area contributed by atoms with Crippen LogP contribution in [0.2, 0.25) is 0 Å². The van der Waals surface area contributed by atoms with E-state index in [4.69, 9.17) is 9.47 Å². The number of aliphatic hydroxyl groups excluding tert-OH is 1. The van der Waals surface area contributed by atoms with Crippen molar-refractivity contribution in [1.82, 2.24) is 14.7 Å². The van der Waals surface area contributed by atoms with Gasteiger partial charge in [0.05, 0.1) is 36.4 Å². The van der Waals surface area contributed by atoms with Crippen LogP contribution < -0.4 is 0 Å². The molecule has 0 aromatic rings. The Morgan fingerprint density at radius 3 is 2.59 bits per heavy atom. The van der Waals surface area contributed by atoms with Crippen molar-refractivity contribution in [2.45, 2.75) is 48.1 Å². The van der Waals surface area contributed by atoms with Gasteiger partial charge in [0.15, 0.2) is 0 Å². The predicted octanol–water partition coefficient (Wildman–Crippen LogP) is 1.07. The van der Waals surface area contributed by atoms with Gasteiger partial charge in [-0.15, -0.1) is 11.8 Å². The van der Waals surface area contributed by atoms with E-state index >= 15 is 0 Å². The monoisotopic (exact) mass is 533 g/mol. The van der Waals surface area contributed by atoms with Crippen LogP contribution in [0.1, 0.15) is 32.6 Å². The maximum Gasteiger partial charge on any atom is 0.311 e. The lowest BCUT2D eigenvalue weighted by atomic mass is 9.74. The molecule has 2 amide bonds. The molecule has 0 saturated carbocycles. The summed E-state index contributed by atoms with van der Waals surface area (Å²) in [6, 6.07) is -0.689. The highest BCUT2D eigenvalue weighted by Crippen LogP contribution is 2.65. The van der Waals surface area contributed by atoms with Crippen molar-refractivity contribution in [2.24, 2.45) is 11.8 Å². The fraction of sp³-hybridized carbons (Fsp3) is 0.741. The average Bonchev–Trinajstić information content (AvgIpc) is 3.23. The van der Waals surface area contributed by atoms with E-state index in [1.54, 1.807) is 16.7 Å². The van der Waals surface area contributed by atoms with Crippen molar-refractivity contribution in [1.29, 1.82) is 0 Å². The Bertz CT molecular complexity index is 952. The molecule has 0 radical (unpaired) electrons. The summed E-state index contributed by atoms with van der Waals surface area (Å²) in [7, 11) is 0. The Morgan fingerprint density at radius 2 is 1.81 bits per heavy atom. The van der Waals surface area contributed by atoms with E-state index in [1.807, 2.05) is 17.9 Å². The molecule has 5 heterocycles. The summed E-state index contributed by atoms with van der Waals surface area (Å²) in [6.45, 7) is 7.69. The minimum atomic E-state index is -0.844. The van der Waals surface area contributed by atoms with Gasteiger partial charge < -0.3 is 24.4 Å². The number of hydrogen-bond acceptors (Lipinski definition) is 8. The third-order valence-corrected chi connectivity index (χ3v) is 10.2. The normalized spacial score (nSPS) is 37.2. The maximum atomic E-state index is 14.3. The third-order valence-electron chi connectivity index (χ3n) is 8.43. The largest absolute Gasteiger partial charge is 0.465 e. The van der Waals surface area contributed by atoms with Crippen LogP contribution in [-0.4, -0.2) is 119 Å². The second kappa shape index (κ2) is 11.1.